The van der Waals surface area contributed by atoms with Crippen molar-refractivity contribution in [3.8, 4) is 0 Å². The molecule has 18 heavy (non-hydrogen) atoms. The highest BCUT2D eigenvalue weighted by atomic mass is 16.4. The highest BCUT2D eigenvalue weighted by molar-refractivity contribution is 5.72. The van der Waals surface area contributed by atoms with E-state index in [4.69, 9.17) is 35.7 Å². The van der Waals surface area contributed by atoms with Gasteiger partial charge < -0.3 is 41.5 Å². The van der Waals surface area contributed by atoms with Crippen LogP contribution in [-0.2, 0) is 9.59 Å². The van der Waals surface area contributed by atoms with E-state index < -0.39 is 43.0 Å². The van der Waals surface area contributed by atoms with E-state index in [2.05, 4.69) is 5.73 Å². The number of aliphatic hydroxyl groups excluding tert-OH is 5. The van der Waals surface area contributed by atoms with Crippen molar-refractivity contribution in [3.05, 3.63) is 0 Å². The number of aliphatic hydroxyl groups is 5. The molecule has 0 aliphatic heterocycles. The smallest absolute Gasteiger partial charge is 0.335 e. The van der Waals surface area contributed by atoms with E-state index in [1.165, 1.54) is 0 Å². The van der Waals surface area contributed by atoms with Crippen LogP contribution in [0.3, 0.4) is 0 Å². The van der Waals surface area contributed by atoms with Crippen LogP contribution in [0.2, 0.25) is 0 Å². The number of hydrogen-bond acceptors (Lipinski definition) is 8. The fraction of sp³-hybridized carbons (Fsp3) is 0.750. The zero-order valence-corrected chi connectivity index (χ0v) is 9.25. The van der Waals surface area contributed by atoms with Crippen LogP contribution < -0.4 is 5.73 Å². The minimum atomic E-state index is -2.20. The van der Waals surface area contributed by atoms with E-state index >= 15 is 0 Å². The Morgan fingerprint density at radius 1 is 1.00 bits per heavy atom. The maximum Gasteiger partial charge on any atom is 0.335 e. The molecule has 0 aliphatic carbocycles. The van der Waals surface area contributed by atoms with Crippen LogP contribution in [0, 0.1) is 0 Å². The van der Waals surface area contributed by atoms with Crippen molar-refractivity contribution in [3.63, 3.8) is 0 Å². The minimum Gasteiger partial charge on any atom is -0.480 e. The van der Waals surface area contributed by atoms with Crippen molar-refractivity contribution in [2.45, 2.75) is 24.4 Å². The molecular formula is C8H17NO9. The molecular weight excluding hydrogens is 254 g/mol. The van der Waals surface area contributed by atoms with Crippen LogP contribution >= 0.6 is 0 Å². The molecule has 10 heteroatoms. The van der Waals surface area contributed by atoms with Gasteiger partial charge in [0.15, 0.2) is 6.10 Å². The highest BCUT2D eigenvalue weighted by Crippen LogP contribution is 2.04. The zero-order chi connectivity index (χ0) is 14.9. The lowest BCUT2D eigenvalue weighted by Gasteiger charge is -2.23. The quantitative estimate of drug-likeness (QED) is 0.233. The molecule has 0 aromatic heterocycles. The van der Waals surface area contributed by atoms with Crippen LogP contribution in [0.25, 0.3) is 0 Å². The summed E-state index contributed by atoms with van der Waals surface area (Å²) in [5.74, 6) is -2.69. The average Bonchev–Trinajstić information content (AvgIpc) is 2.35. The number of carbonyl (C=O) groups is 2. The molecule has 0 spiro atoms. The summed E-state index contributed by atoms with van der Waals surface area (Å²) in [6, 6.07) is 0. The van der Waals surface area contributed by atoms with E-state index in [9.17, 15) is 9.59 Å². The maximum atomic E-state index is 10.1. The third-order valence-corrected chi connectivity index (χ3v) is 1.68. The van der Waals surface area contributed by atoms with Crippen molar-refractivity contribution in [2.24, 2.45) is 5.73 Å². The molecule has 10 nitrogen and oxygen atoms in total. The largest absolute Gasteiger partial charge is 0.480 e. The lowest BCUT2D eigenvalue weighted by molar-refractivity contribution is -0.164. The summed E-state index contributed by atoms with van der Waals surface area (Å²) in [4.78, 5) is 19.3. The summed E-state index contributed by atoms with van der Waals surface area (Å²) in [5, 5.41) is 59.4. The van der Waals surface area contributed by atoms with Crippen molar-refractivity contribution in [1.29, 1.82) is 0 Å². The first kappa shape index (κ1) is 19.0. The average molecular weight is 271 g/mol. The van der Waals surface area contributed by atoms with Crippen molar-refractivity contribution < 1.29 is 45.3 Å². The third-order valence-electron chi connectivity index (χ3n) is 1.68. The Labute approximate surface area is 102 Å². The van der Waals surface area contributed by atoms with Gasteiger partial charge in [0.1, 0.15) is 18.3 Å². The molecule has 0 aromatic carbocycles. The molecule has 0 aliphatic rings. The minimum absolute atomic E-state index is 0.278. The number of rotatable bonds is 6. The molecule has 9 N–H and O–H groups in total. The van der Waals surface area contributed by atoms with E-state index in [1.807, 2.05) is 0 Å². The first-order chi connectivity index (χ1) is 8.18. The van der Waals surface area contributed by atoms with E-state index in [0.29, 0.717) is 0 Å². The molecule has 0 amide bonds. The predicted octanol–water partition coefficient (Wildman–Crippen LogP) is -4.46. The monoisotopic (exact) mass is 271 g/mol. The summed E-state index contributed by atoms with van der Waals surface area (Å²) in [6.45, 7) is -1.12. The molecule has 0 bridgehead atoms. The second-order valence-electron chi connectivity index (χ2n) is 3.11. The van der Waals surface area contributed by atoms with Gasteiger partial charge in [-0.15, -0.1) is 0 Å². The summed E-state index contributed by atoms with van der Waals surface area (Å²) in [6.07, 6.45) is -7.84. The van der Waals surface area contributed by atoms with Gasteiger partial charge in [-0.3, -0.25) is 4.79 Å². The Morgan fingerprint density at radius 3 is 1.61 bits per heavy atom. The van der Waals surface area contributed by atoms with Crippen molar-refractivity contribution in [1.82, 2.24) is 0 Å². The number of carboxylic acids is 2. The number of hydrogen-bond donors (Lipinski definition) is 8. The van der Waals surface area contributed by atoms with Crippen LogP contribution in [0.4, 0.5) is 0 Å². The SMILES string of the molecule is NCC(=O)O.O=C(O)C(O)C(O)C(O)C(O)CO. The molecule has 0 rings (SSSR count). The van der Waals surface area contributed by atoms with Gasteiger partial charge in [-0.2, -0.15) is 0 Å². The first-order valence-corrected chi connectivity index (χ1v) is 4.66. The fourth-order valence-corrected chi connectivity index (χ4v) is 0.668. The van der Waals surface area contributed by atoms with E-state index in [-0.39, 0.29) is 6.54 Å². The van der Waals surface area contributed by atoms with Gasteiger partial charge in [-0.05, 0) is 0 Å². The van der Waals surface area contributed by atoms with Gasteiger partial charge in [0, 0.05) is 0 Å². The van der Waals surface area contributed by atoms with Gasteiger partial charge in [0.05, 0.1) is 13.2 Å². The Bertz CT molecular complexity index is 259. The normalized spacial score (nSPS) is 16.8. The third kappa shape index (κ3) is 7.89. The van der Waals surface area contributed by atoms with Crippen LogP contribution in [-0.4, -0.2) is 85.3 Å². The number of aliphatic carboxylic acids is 2. The molecule has 0 aromatic rings. The number of carboxylic acid groups (broad SMARTS) is 2. The zero-order valence-electron chi connectivity index (χ0n) is 9.25. The Balaban J connectivity index is 0. The predicted molar refractivity (Wildman–Crippen MR) is 55.4 cm³/mol. The van der Waals surface area contributed by atoms with Crippen LogP contribution in [0.5, 0.6) is 0 Å². The second kappa shape index (κ2) is 9.70. The summed E-state index contributed by atoms with van der Waals surface area (Å²) in [7, 11) is 0. The van der Waals surface area contributed by atoms with Crippen LogP contribution in [0.1, 0.15) is 0 Å². The topological polar surface area (TPSA) is 202 Å². The summed E-state index contributed by atoms with van der Waals surface area (Å²) >= 11 is 0. The molecule has 108 valence electrons. The van der Waals surface area contributed by atoms with Gasteiger partial charge >= 0.3 is 11.9 Å². The van der Waals surface area contributed by atoms with Gasteiger partial charge in [0.25, 0.3) is 0 Å². The van der Waals surface area contributed by atoms with Crippen molar-refractivity contribution >= 4 is 11.9 Å². The highest BCUT2D eigenvalue weighted by Gasteiger charge is 2.33. The summed E-state index contributed by atoms with van der Waals surface area (Å²) in [5.41, 5.74) is 4.57. The first-order valence-electron chi connectivity index (χ1n) is 4.66. The lowest BCUT2D eigenvalue weighted by atomic mass is 10.0. The lowest BCUT2D eigenvalue weighted by Crippen LogP contribution is -2.48. The number of nitrogens with two attached hydrogens (primary N) is 1. The van der Waals surface area contributed by atoms with E-state index in [1.54, 1.807) is 0 Å². The second-order valence-corrected chi connectivity index (χ2v) is 3.11. The maximum absolute atomic E-state index is 10.1. The molecule has 4 unspecified atom stereocenters. The molecule has 4 atom stereocenters. The van der Waals surface area contributed by atoms with Crippen LogP contribution in [0.15, 0.2) is 0 Å². The summed E-state index contributed by atoms with van der Waals surface area (Å²) < 4.78 is 0. The molecule has 0 saturated heterocycles. The van der Waals surface area contributed by atoms with Gasteiger partial charge in [-0.25, -0.2) is 4.79 Å². The molecule has 0 fully saturated rings. The van der Waals surface area contributed by atoms with Gasteiger partial charge in [0.2, 0.25) is 0 Å². The Hall–Kier alpha value is -1.30. The molecule has 0 heterocycles. The standard InChI is InChI=1S/C6H12O7.C2H5NO2/c7-1-2(8)3(9)4(10)5(11)6(12)13;3-1-2(4)5/h2-5,7-11H,1H2,(H,12,13);1,3H2,(H,4,5). The van der Waals surface area contributed by atoms with Gasteiger partial charge in [-0.1, -0.05) is 0 Å². The van der Waals surface area contributed by atoms with E-state index in [0.717, 1.165) is 0 Å². The fourth-order valence-electron chi connectivity index (χ4n) is 0.668. The molecule has 0 saturated carbocycles. The Morgan fingerprint density at radius 2 is 1.39 bits per heavy atom. The molecule has 0 radical (unpaired) electrons. The van der Waals surface area contributed by atoms with Crippen molar-refractivity contribution in [2.75, 3.05) is 13.2 Å². The Kier molecular flexibility index (Phi) is 10.3.